The topological polar surface area (TPSA) is 75.4 Å². The molecule has 0 radical (unpaired) electrons. The molecule has 2 N–H and O–H groups in total. The molecule has 6 heteroatoms. The highest BCUT2D eigenvalue weighted by molar-refractivity contribution is 7.15. The van der Waals surface area contributed by atoms with Gasteiger partial charge in [0.1, 0.15) is 5.69 Å². The third-order valence-corrected chi connectivity index (χ3v) is 4.10. The van der Waals surface area contributed by atoms with Crippen molar-refractivity contribution in [1.82, 2.24) is 10.3 Å². The number of aromatic nitrogens is 1. The average molecular weight is 308 g/mol. The van der Waals surface area contributed by atoms with Crippen LogP contribution in [0.2, 0.25) is 0 Å². The maximum atomic E-state index is 12.1. The third kappa shape index (κ3) is 4.41. The van der Waals surface area contributed by atoms with Crippen LogP contribution in [0.3, 0.4) is 0 Å². The van der Waals surface area contributed by atoms with Crippen LogP contribution in [-0.2, 0) is 0 Å². The summed E-state index contributed by atoms with van der Waals surface area (Å²) in [6.07, 6.45) is 5.34. The summed E-state index contributed by atoms with van der Waals surface area (Å²) in [4.78, 5) is 17.3. The highest BCUT2D eigenvalue weighted by Crippen LogP contribution is 2.27. The van der Waals surface area contributed by atoms with Gasteiger partial charge in [-0.25, -0.2) is 4.98 Å². The van der Waals surface area contributed by atoms with Crippen LogP contribution in [0.1, 0.15) is 41.0 Å². The van der Waals surface area contributed by atoms with E-state index in [4.69, 9.17) is 9.52 Å². The van der Waals surface area contributed by atoms with E-state index >= 15 is 0 Å². The van der Waals surface area contributed by atoms with Crippen LogP contribution in [-0.4, -0.2) is 29.1 Å². The summed E-state index contributed by atoms with van der Waals surface area (Å²) in [5, 5.41) is 12.3. The molecule has 0 atom stereocenters. The fourth-order valence-corrected chi connectivity index (χ4v) is 2.87. The number of carbonyl (C=O) groups is 1. The van der Waals surface area contributed by atoms with Gasteiger partial charge in [0.2, 0.25) is 0 Å². The highest BCUT2D eigenvalue weighted by atomic mass is 32.1. The zero-order chi connectivity index (χ0) is 15.1. The number of hydrogen-bond donors (Lipinski definition) is 2. The smallest absolute Gasteiger partial charge is 0.271 e. The quantitative estimate of drug-likeness (QED) is 0.735. The van der Waals surface area contributed by atoms with Crippen molar-refractivity contribution in [2.24, 2.45) is 0 Å². The lowest BCUT2D eigenvalue weighted by atomic mass is 10.2. The number of amides is 1. The van der Waals surface area contributed by atoms with E-state index in [0.717, 1.165) is 35.6 Å². The van der Waals surface area contributed by atoms with Crippen LogP contribution in [0.25, 0.3) is 10.8 Å². The number of unbranched alkanes of at least 4 members (excludes halogenated alkanes) is 3. The predicted octanol–water partition coefficient (Wildman–Crippen LogP) is 2.99. The maximum absolute atomic E-state index is 12.1. The number of furan rings is 1. The van der Waals surface area contributed by atoms with Crippen molar-refractivity contribution in [2.45, 2.75) is 32.6 Å². The van der Waals surface area contributed by atoms with Crippen molar-refractivity contribution in [1.29, 1.82) is 0 Å². The molecule has 0 aromatic carbocycles. The van der Waals surface area contributed by atoms with Gasteiger partial charge >= 0.3 is 0 Å². The summed E-state index contributed by atoms with van der Waals surface area (Å²) in [6.45, 7) is 2.76. The molecule has 114 valence electrons. The fourth-order valence-electron chi connectivity index (χ4n) is 1.99. The summed E-state index contributed by atoms with van der Waals surface area (Å²) in [6, 6.07) is 3.64. The number of aliphatic hydroxyl groups excluding tert-OH is 1. The van der Waals surface area contributed by atoms with Gasteiger partial charge in [0.15, 0.2) is 10.8 Å². The van der Waals surface area contributed by atoms with E-state index < -0.39 is 0 Å². The Labute approximate surface area is 128 Å². The Morgan fingerprint density at radius 1 is 1.38 bits per heavy atom. The van der Waals surface area contributed by atoms with E-state index in [1.165, 1.54) is 11.3 Å². The lowest BCUT2D eigenvalue weighted by Crippen LogP contribution is -2.25. The predicted molar refractivity (Wildman–Crippen MR) is 82.4 cm³/mol. The van der Waals surface area contributed by atoms with E-state index in [1.54, 1.807) is 12.3 Å². The molecule has 2 aromatic heterocycles. The van der Waals surface area contributed by atoms with Crippen molar-refractivity contribution in [3.63, 3.8) is 0 Å². The van der Waals surface area contributed by atoms with Crippen LogP contribution in [0.5, 0.6) is 0 Å². The van der Waals surface area contributed by atoms with Gasteiger partial charge in [0, 0.05) is 18.0 Å². The van der Waals surface area contributed by atoms with Gasteiger partial charge in [-0.3, -0.25) is 4.79 Å². The fraction of sp³-hybridized carbons (Fsp3) is 0.467. The molecular formula is C15H20N2O3S. The number of carbonyl (C=O) groups excluding carboxylic acids is 1. The van der Waals surface area contributed by atoms with E-state index in [-0.39, 0.29) is 12.5 Å². The average Bonchev–Trinajstić information content (AvgIpc) is 3.11. The van der Waals surface area contributed by atoms with Gasteiger partial charge in [-0.15, -0.1) is 11.3 Å². The number of aryl methyl sites for hydroxylation is 1. The molecule has 0 spiro atoms. The van der Waals surface area contributed by atoms with Gasteiger partial charge in [-0.1, -0.05) is 12.8 Å². The summed E-state index contributed by atoms with van der Waals surface area (Å²) in [5.74, 6) is 0.551. The zero-order valence-electron chi connectivity index (χ0n) is 12.1. The van der Waals surface area contributed by atoms with Gasteiger partial charge in [0.25, 0.3) is 5.91 Å². The first-order valence-corrected chi connectivity index (χ1v) is 7.94. The SMILES string of the molecule is Cc1sc(-c2ccco2)nc1C(=O)NCCCCCCO. The van der Waals surface area contributed by atoms with E-state index in [9.17, 15) is 4.79 Å². The van der Waals surface area contributed by atoms with Crippen LogP contribution in [0.15, 0.2) is 22.8 Å². The van der Waals surface area contributed by atoms with Gasteiger partial charge in [-0.2, -0.15) is 0 Å². The summed E-state index contributed by atoms with van der Waals surface area (Å²) < 4.78 is 5.30. The van der Waals surface area contributed by atoms with Crippen LogP contribution in [0.4, 0.5) is 0 Å². The minimum absolute atomic E-state index is 0.135. The van der Waals surface area contributed by atoms with Crippen LogP contribution >= 0.6 is 11.3 Å². The molecule has 0 fully saturated rings. The first-order valence-electron chi connectivity index (χ1n) is 7.12. The molecule has 2 rings (SSSR count). The van der Waals surface area contributed by atoms with Gasteiger partial charge in [-0.05, 0) is 31.9 Å². The standard InChI is InChI=1S/C15H20N2O3S/c1-11-13(14(19)16-8-4-2-3-5-9-18)17-15(21-11)12-7-6-10-20-12/h6-7,10,18H,2-5,8-9H2,1H3,(H,16,19). The summed E-state index contributed by atoms with van der Waals surface area (Å²) in [5.41, 5.74) is 0.474. The second-order valence-corrected chi connectivity index (χ2v) is 6.00. The molecule has 0 saturated heterocycles. The number of thiazole rings is 1. The van der Waals surface area contributed by atoms with Crippen molar-refractivity contribution < 1.29 is 14.3 Å². The molecule has 0 bridgehead atoms. The Hall–Kier alpha value is -1.66. The van der Waals surface area contributed by atoms with Crippen LogP contribution in [0, 0.1) is 6.92 Å². The molecular weight excluding hydrogens is 288 g/mol. The lowest BCUT2D eigenvalue weighted by molar-refractivity contribution is 0.0948. The first-order chi connectivity index (χ1) is 10.2. The Kier molecular flexibility index (Phi) is 5.95. The molecule has 1 amide bonds. The third-order valence-electron chi connectivity index (χ3n) is 3.11. The van der Waals surface area contributed by atoms with Gasteiger partial charge < -0.3 is 14.8 Å². The normalized spacial score (nSPS) is 10.8. The Bertz CT molecular complexity index is 563. The molecule has 2 aromatic rings. The van der Waals surface area contributed by atoms with Crippen LogP contribution < -0.4 is 5.32 Å². The maximum Gasteiger partial charge on any atom is 0.271 e. The second-order valence-electron chi connectivity index (χ2n) is 4.79. The molecule has 0 aliphatic rings. The van der Waals surface area contributed by atoms with E-state index in [2.05, 4.69) is 10.3 Å². The second kappa shape index (κ2) is 7.95. The number of nitrogens with one attached hydrogen (secondary N) is 1. The highest BCUT2D eigenvalue weighted by Gasteiger charge is 2.16. The van der Waals surface area contributed by atoms with E-state index in [0.29, 0.717) is 18.0 Å². The summed E-state index contributed by atoms with van der Waals surface area (Å²) in [7, 11) is 0. The van der Waals surface area contributed by atoms with Crippen molar-refractivity contribution >= 4 is 17.2 Å². The molecule has 0 aliphatic heterocycles. The lowest BCUT2D eigenvalue weighted by Gasteiger charge is -2.03. The molecule has 5 nitrogen and oxygen atoms in total. The zero-order valence-corrected chi connectivity index (χ0v) is 12.9. The number of nitrogens with zero attached hydrogens (tertiary/aromatic N) is 1. The largest absolute Gasteiger partial charge is 0.462 e. The molecule has 0 aliphatic carbocycles. The minimum Gasteiger partial charge on any atom is -0.462 e. The Morgan fingerprint density at radius 3 is 2.90 bits per heavy atom. The molecule has 21 heavy (non-hydrogen) atoms. The monoisotopic (exact) mass is 308 g/mol. The Morgan fingerprint density at radius 2 is 2.19 bits per heavy atom. The van der Waals surface area contributed by atoms with Crippen molar-refractivity contribution in [3.05, 3.63) is 29.0 Å². The molecule has 0 saturated carbocycles. The van der Waals surface area contributed by atoms with Crippen molar-refractivity contribution in [2.75, 3.05) is 13.2 Å². The molecule has 0 unspecified atom stereocenters. The first kappa shape index (κ1) is 15.7. The van der Waals surface area contributed by atoms with Gasteiger partial charge in [0.05, 0.1) is 6.26 Å². The number of hydrogen-bond acceptors (Lipinski definition) is 5. The minimum atomic E-state index is -0.135. The molecule has 2 heterocycles. The van der Waals surface area contributed by atoms with E-state index in [1.807, 2.05) is 13.0 Å². The number of rotatable bonds is 8. The number of aliphatic hydroxyl groups is 1. The van der Waals surface area contributed by atoms with Crippen molar-refractivity contribution in [3.8, 4) is 10.8 Å². The summed E-state index contributed by atoms with van der Waals surface area (Å²) >= 11 is 1.46. The Balaban J connectivity index is 1.85.